The first-order chi connectivity index (χ1) is 27.8. The Morgan fingerprint density at radius 3 is 1.49 bits per heavy atom. The Balaban J connectivity index is 1.00. The predicted octanol–water partition coefficient (Wildman–Crippen LogP) is 15.5. The van der Waals surface area contributed by atoms with E-state index in [1.165, 1.54) is 143 Å². The number of phenolic OH excluding ortho intramolecular Hbond substituents is 2. The Kier molecular flexibility index (Phi) is 11.1. The van der Waals surface area contributed by atoms with Crippen LogP contribution >= 0.6 is 23.5 Å². The van der Waals surface area contributed by atoms with Crippen molar-refractivity contribution in [1.82, 2.24) is 0 Å². The summed E-state index contributed by atoms with van der Waals surface area (Å²) < 4.78 is 0. The van der Waals surface area contributed by atoms with Gasteiger partial charge in [0.1, 0.15) is 11.5 Å². The average Bonchev–Trinajstić information content (AvgIpc) is 3.50. The van der Waals surface area contributed by atoms with Crippen molar-refractivity contribution >= 4 is 23.5 Å². The van der Waals surface area contributed by atoms with Crippen LogP contribution in [-0.4, -0.2) is 20.7 Å². The molecule has 8 bridgehead atoms. The second-order valence-corrected chi connectivity index (χ2v) is 27.6. The SMILES string of the molecule is CC(C)C12CC3CC(CC(c4cc(C(C)(C)C)cc(CSC5CCCCCCC5SCc5cc(C(C)(C)C)cc(C67CC8CC(C6)CC7(C(C)C)C8)c5O)c4O)(C3)C1)C2. The minimum absolute atomic E-state index is 0.0335. The van der Waals surface area contributed by atoms with E-state index in [4.69, 9.17) is 0 Å². The van der Waals surface area contributed by atoms with Crippen LogP contribution in [0.4, 0.5) is 0 Å². The molecule has 9 aliphatic carbocycles. The Bertz CT molecular complexity index is 1860. The van der Waals surface area contributed by atoms with Crippen molar-refractivity contribution in [3.63, 3.8) is 0 Å². The molecule has 2 aromatic rings. The zero-order valence-corrected chi connectivity index (χ0v) is 40.7. The first-order valence-electron chi connectivity index (χ1n) is 24.7. The first-order valence-corrected chi connectivity index (χ1v) is 26.8. The summed E-state index contributed by atoms with van der Waals surface area (Å²) in [5.74, 6) is 7.72. The molecular formula is C55H82O2S2. The van der Waals surface area contributed by atoms with E-state index in [2.05, 4.69) is 117 Å². The molecule has 0 spiro atoms. The van der Waals surface area contributed by atoms with Gasteiger partial charge < -0.3 is 10.2 Å². The lowest BCUT2D eigenvalue weighted by molar-refractivity contribution is -0.0966. The first kappa shape index (κ1) is 43.0. The number of phenols is 2. The maximum absolute atomic E-state index is 12.6. The molecule has 11 rings (SSSR count). The fourth-order valence-electron chi connectivity index (χ4n) is 16.2. The molecular weight excluding hydrogens is 757 g/mol. The van der Waals surface area contributed by atoms with Gasteiger partial charge in [-0.15, -0.1) is 0 Å². The van der Waals surface area contributed by atoms with Crippen molar-refractivity contribution in [3.05, 3.63) is 57.6 Å². The molecule has 2 aromatic carbocycles. The molecule has 6 atom stereocenters. The van der Waals surface area contributed by atoms with Crippen LogP contribution in [0.15, 0.2) is 24.3 Å². The van der Waals surface area contributed by atoms with Crippen molar-refractivity contribution in [2.45, 2.75) is 222 Å². The zero-order valence-electron chi connectivity index (χ0n) is 39.1. The highest BCUT2D eigenvalue weighted by atomic mass is 32.2. The van der Waals surface area contributed by atoms with Crippen LogP contribution in [0.25, 0.3) is 0 Å². The minimum atomic E-state index is 0.0335. The summed E-state index contributed by atoms with van der Waals surface area (Å²) in [6, 6.07) is 9.78. The molecule has 6 unspecified atom stereocenters. The molecule has 0 heterocycles. The van der Waals surface area contributed by atoms with E-state index in [0.717, 1.165) is 35.2 Å². The van der Waals surface area contributed by atoms with Crippen LogP contribution in [0.3, 0.4) is 0 Å². The van der Waals surface area contributed by atoms with E-state index in [1.807, 2.05) is 0 Å². The summed E-state index contributed by atoms with van der Waals surface area (Å²) in [5.41, 5.74) is 8.95. The van der Waals surface area contributed by atoms with E-state index in [9.17, 15) is 10.2 Å². The Morgan fingerprint density at radius 2 is 1.03 bits per heavy atom. The van der Waals surface area contributed by atoms with Crippen LogP contribution in [0, 0.1) is 46.3 Å². The highest BCUT2D eigenvalue weighted by Crippen LogP contribution is 2.76. The van der Waals surface area contributed by atoms with Crippen LogP contribution < -0.4 is 0 Å². The van der Waals surface area contributed by atoms with E-state index in [-0.39, 0.29) is 21.7 Å². The molecule has 59 heavy (non-hydrogen) atoms. The Morgan fingerprint density at radius 1 is 0.576 bits per heavy atom. The Labute approximate surface area is 369 Å². The molecule has 9 fully saturated rings. The monoisotopic (exact) mass is 839 g/mol. The largest absolute Gasteiger partial charge is 0.507 e. The summed E-state index contributed by atoms with van der Waals surface area (Å²) in [5, 5.41) is 26.2. The van der Waals surface area contributed by atoms with Gasteiger partial charge in [-0.25, -0.2) is 0 Å². The van der Waals surface area contributed by atoms with Crippen molar-refractivity contribution < 1.29 is 10.2 Å². The number of aromatic hydroxyl groups is 2. The zero-order chi connectivity index (χ0) is 41.9. The van der Waals surface area contributed by atoms with Gasteiger partial charge in [-0.2, -0.15) is 23.5 Å². The van der Waals surface area contributed by atoms with E-state index in [1.54, 1.807) is 0 Å². The van der Waals surface area contributed by atoms with Gasteiger partial charge >= 0.3 is 0 Å². The summed E-state index contributed by atoms with van der Waals surface area (Å²) in [7, 11) is 0. The third-order valence-electron chi connectivity index (χ3n) is 18.9. The molecule has 9 aliphatic rings. The van der Waals surface area contributed by atoms with Crippen molar-refractivity contribution in [3.8, 4) is 11.5 Å². The molecule has 2 N–H and O–H groups in total. The average molecular weight is 839 g/mol. The third kappa shape index (κ3) is 7.29. The normalized spacial score (nSPS) is 37.8. The van der Waals surface area contributed by atoms with Gasteiger partial charge in [0.05, 0.1) is 0 Å². The predicted molar refractivity (Wildman–Crippen MR) is 254 cm³/mol. The number of hydrogen-bond acceptors (Lipinski definition) is 4. The second-order valence-electron chi connectivity index (χ2n) is 25.2. The molecule has 9 saturated carbocycles. The van der Waals surface area contributed by atoms with Crippen molar-refractivity contribution in [2.24, 2.45) is 46.3 Å². The van der Waals surface area contributed by atoms with Gasteiger partial charge in [0.25, 0.3) is 0 Å². The third-order valence-corrected chi connectivity index (χ3v) is 22.0. The number of hydrogen-bond donors (Lipinski definition) is 2. The van der Waals surface area contributed by atoms with Gasteiger partial charge in [0.15, 0.2) is 0 Å². The quantitative estimate of drug-likeness (QED) is 0.250. The van der Waals surface area contributed by atoms with Crippen LogP contribution in [0.2, 0.25) is 0 Å². The van der Waals surface area contributed by atoms with Crippen LogP contribution in [0.1, 0.15) is 212 Å². The highest BCUT2D eigenvalue weighted by molar-refractivity contribution is 8.03. The maximum Gasteiger partial charge on any atom is 0.123 e. The highest BCUT2D eigenvalue weighted by Gasteiger charge is 2.68. The molecule has 0 saturated heterocycles. The lowest BCUT2D eigenvalue weighted by Gasteiger charge is -2.64. The lowest BCUT2D eigenvalue weighted by Crippen LogP contribution is -2.55. The summed E-state index contributed by atoms with van der Waals surface area (Å²) >= 11 is 4.30. The minimum Gasteiger partial charge on any atom is -0.507 e. The lowest BCUT2D eigenvalue weighted by atomic mass is 9.41. The number of thioether (sulfide) groups is 2. The van der Waals surface area contributed by atoms with Gasteiger partial charge in [0, 0.05) is 55.1 Å². The van der Waals surface area contributed by atoms with Gasteiger partial charge in [0.2, 0.25) is 0 Å². The van der Waals surface area contributed by atoms with Gasteiger partial charge in [-0.3, -0.25) is 0 Å². The van der Waals surface area contributed by atoms with Gasteiger partial charge in [-0.1, -0.05) is 119 Å². The molecule has 0 amide bonds. The fourth-order valence-corrected chi connectivity index (χ4v) is 19.3. The molecule has 4 heteroatoms. The van der Waals surface area contributed by atoms with E-state index in [0.29, 0.717) is 44.7 Å². The number of benzene rings is 2. The topological polar surface area (TPSA) is 40.5 Å². The number of rotatable bonds is 10. The summed E-state index contributed by atoms with van der Waals surface area (Å²) in [4.78, 5) is 0. The van der Waals surface area contributed by atoms with Crippen LogP contribution in [0.5, 0.6) is 11.5 Å². The Hall–Kier alpha value is -1.26. The van der Waals surface area contributed by atoms with Crippen molar-refractivity contribution in [1.29, 1.82) is 0 Å². The van der Waals surface area contributed by atoms with E-state index < -0.39 is 0 Å². The van der Waals surface area contributed by atoms with E-state index >= 15 is 0 Å². The fraction of sp³-hybridized carbons (Fsp3) is 0.782. The van der Waals surface area contributed by atoms with Crippen molar-refractivity contribution in [2.75, 3.05) is 0 Å². The summed E-state index contributed by atoms with van der Waals surface area (Å²) in [6.07, 6.45) is 22.5. The van der Waals surface area contributed by atoms with Gasteiger partial charge in [-0.05, 0) is 152 Å². The molecule has 326 valence electrons. The molecule has 0 aliphatic heterocycles. The molecule has 0 radical (unpaired) electrons. The standard InChI is InChI=1S/C55H82O2S2/c1-34(2)52-23-36-17-37(24-52)26-53(25-36,33-52)44-21-42(50(5,6)7)19-40(48(44)56)31-58-46-15-13-11-12-14-16-47(46)59-32-41-20-43(51(8,9)10)22-45(49(41)57)55-29-38-18-39(30-55)28-54(55,27-38)35(3)4/h19-22,34-39,46-47,56-57H,11-18,23-33H2,1-10H3. The molecule has 2 nitrogen and oxygen atoms in total. The summed E-state index contributed by atoms with van der Waals surface area (Å²) in [6.45, 7) is 24.2. The second kappa shape index (κ2) is 15.2. The maximum atomic E-state index is 12.6. The van der Waals surface area contributed by atoms with Crippen LogP contribution in [-0.2, 0) is 33.2 Å². The smallest absolute Gasteiger partial charge is 0.123 e. The molecule has 0 aromatic heterocycles.